The highest BCUT2D eigenvalue weighted by Gasteiger charge is 2.75. The van der Waals surface area contributed by atoms with Gasteiger partial charge in [0.2, 0.25) is 11.8 Å². The number of carbonyl (C=O) groups is 4. The molecule has 5 rings (SSSR count). The molecule has 4 aliphatic rings. The zero-order chi connectivity index (χ0) is 25.6. The predicted octanol–water partition coefficient (Wildman–Crippen LogP) is 3.41. The lowest BCUT2D eigenvalue weighted by Crippen LogP contribution is -2.60. The van der Waals surface area contributed by atoms with Crippen LogP contribution in [0.15, 0.2) is 23.8 Å². The Morgan fingerprint density at radius 1 is 1.03 bits per heavy atom. The summed E-state index contributed by atoms with van der Waals surface area (Å²) in [5.41, 5.74) is 2.61. The molecule has 0 spiro atoms. The molecule has 1 aromatic rings. The minimum atomic E-state index is -1.81. The Bertz CT molecular complexity index is 1210. The first-order chi connectivity index (χ1) is 16.4. The first kappa shape index (κ1) is 24.3. The van der Waals surface area contributed by atoms with Crippen LogP contribution in [0.2, 0.25) is 0 Å². The lowest BCUT2D eigenvalue weighted by molar-refractivity contribution is -0.141. The Morgan fingerprint density at radius 2 is 1.66 bits per heavy atom. The molecule has 186 valence electrons. The third kappa shape index (κ3) is 2.91. The maximum absolute atomic E-state index is 13.5. The molecule has 3 fully saturated rings. The van der Waals surface area contributed by atoms with Crippen molar-refractivity contribution < 1.29 is 24.3 Å². The predicted molar refractivity (Wildman–Crippen MR) is 130 cm³/mol. The largest absolute Gasteiger partial charge is 0.507 e. The van der Waals surface area contributed by atoms with Crippen LogP contribution in [0.1, 0.15) is 48.8 Å². The molecule has 6 atom stereocenters. The lowest BCUT2D eigenvalue weighted by Gasteiger charge is -2.51. The summed E-state index contributed by atoms with van der Waals surface area (Å²) in [6, 6.07) is 3.51. The van der Waals surface area contributed by atoms with E-state index in [9.17, 15) is 24.3 Å². The second kappa shape index (κ2) is 7.81. The van der Waals surface area contributed by atoms with Gasteiger partial charge in [0.05, 0.1) is 11.8 Å². The summed E-state index contributed by atoms with van der Waals surface area (Å²) in [7, 11) is 1.37. The average molecular weight is 519 g/mol. The van der Waals surface area contributed by atoms with E-state index in [0.29, 0.717) is 36.1 Å². The van der Waals surface area contributed by atoms with Crippen molar-refractivity contribution in [1.29, 1.82) is 0 Å². The van der Waals surface area contributed by atoms with Crippen LogP contribution in [0.3, 0.4) is 0 Å². The summed E-state index contributed by atoms with van der Waals surface area (Å²) in [5, 5.41) is 10.4. The number of carbonyl (C=O) groups excluding carboxylic acids is 4. The molecular formula is C26H28Cl2N2O5. The third-order valence-corrected chi connectivity index (χ3v) is 9.81. The van der Waals surface area contributed by atoms with Crippen LogP contribution in [-0.4, -0.2) is 61.9 Å². The summed E-state index contributed by atoms with van der Waals surface area (Å²) < 4.78 is 0. The van der Waals surface area contributed by atoms with E-state index in [1.54, 1.807) is 26.0 Å². The maximum atomic E-state index is 13.5. The van der Waals surface area contributed by atoms with E-state index in [1.807, 2.05) is 13.0 Å². The van der Waals surface area contributed by atoms with E-state index in [1.165, 1.54) is 11.9 Å². The van der Waals surface area contributed by atoms with Gasteiger partial charge in [-0.1, -0.05) is 30.7 Å². The number of fused-ring (bicyclic) bond motifs is 4. The Labute approximate surface area is 214 Å². The van der Waals surface area contributed by atoms with Gasteiger partial charge in [-0.05, 0) is 55.7 Å². The lowest BCUT2D eigenvalue weighted by atomic mass is 9.56. The van der Waals surface area contributed by atoms with E-state index in [2.05, 4.69) is 0 Å². The minimum Gasteiger partial charge on any atom is -0.507 e. The van der Waals surface area contributed by atoms with Crippen LogP contribution in [-0.2, 0) is 19.2 Å². The molecule has 6 unspecified atom stereocenters. The van der Waals surface area contributed by atoms with Gasteiger partial charge in [0.1, 0.15) is 5.75 Å². The van der Waals surface area contributed by atoms with Crippen LogP contribution < -0.4 is 0 Å². The van der Waals surface area contributed by atoms with E-state index in [0.717, 1.165) is 10.5 Å². The Morgan fingerprint density at radius 3 is 2.26 bits per heavy atom. The smallest absolute Gasteiger partial charge is 0.253 e. The van der Waals surface area contributed by atoms with Gasteiger partial charge < -0.3 is 5.11 Å². The monoisotopic (exact) mass is 518 g/mol. The molecule has 1 N–H and O–H groups in total. The molecule has 2 aliphatic carbocycles. The van der Waals surface area contributed by atoms with Crippen LogP contribution in [0.5, 0.6) is 5.75 Å². The van der Waals surface area contributed by atoms with Crippen molar-refractivity contribution >= 4 is 46.8 Å². The molecule has 1 saturated carbocycles. The number of allylic oxidation sites excluding steroid dienone is 2. The van der Waals surface area contributed by atoms with Gasteiger partial charge in [-0.15, -0.1) is 23.2 Å². The minimum absolute atomic E-state index is 0.00843. The van der Waals surface area contributed by atoms with Crippen molar-refractivity contribution in [3.05, 3.63) is 40.5 Å². The van der Waals surface area contributed by atoms with E-state index in [-0.39, 0.29) is 24.0 Å². The van der Waals surface area contributed by atoms with Crippen LogP contribution in [0.4, 0.5) is 0 Å². The fourth-order valence-corrected chi connectivity index (χ4v) is 7.80. The average Bonchev–Trinajstić information content (AvgIpc) is 3.13. The number of phenolic OH excluding ortho intramolecular Hbond substituents is 1. The molecule has 7 nitrogen and oxygen atoms in total. The standard InChI is InChI=1S/C26H28Cl2N2O5/c1-5-8-30-21(32)16-7-6-15-17(18(16)22(30)33)11-25(27)23(34)29(4)24(35)26(25,28)19(15)14-9-12(2)20(31)13(3)10-14/h6,9-10,16-19,31H,5,7-8,11H2,1-4H3. The number of imide groups is 2. The summed E-state index contributed by atoms with van der Waals surface area (Å²) in [4.78, 5) is 52.2. The number of halogens is 2. The van der Waals surface area contributed by atoms with Crippen molar-refractivity contribution in [2.24, 2.45) is 17.8 Å². The summed E-state index contributed by atoms with van der Waals surface area (Å²) >= 11 is 14.3. The van der Waals surface area contributed by atoms with Gasteiger partial charge in [0.25, 0.3) is 11.8 Å². The molecule has 0 bridgehead atoms. The number of aryl methyl sites for hydroxylation is 2. The molecule has 1 aromatic carbocycles. The van der Waals surface area contributed by atoms with Gasteiger partial charge in [-0.25, -0.2) is 0 Å². The highest BCUT2D eigenvalue weighted by atomic mass is 35.5. The number of rotatable bonds is 3. The molecule has 35 heavy (non-hydrogen) atoms. The number of aromatic hydroxyl groups is 1. The third-order valence-electron chi connectivity index (χ3n) is 8.40. The van der Waals surface area contributed by atoms with Gasteiger partial charge in [-0.3, -0.25) is 29.0 Å². The van der Waals surface area contributed by atoms with Crippen molar-refractivity contribution in [3.8, 4) is 5.75 Å². The zero-order valence-corrected chi connectivity index (χ0v) is 21.6. The topological polar surface area (TPSA) is 95.0 Å². The van der Waals surface area contributed by atoms with Crippen molar-refractivity contribution in [3.63, 3.8) is 0 Å². The fourth-order valence-electron chi connectivity index (χ4n) is 6.78. The normalized spacial score (nSPS) is 36.3. The molecule has 0 radical (unpaired) electrons. The van der Waals surface area contributed by atoms with Crippen molar-refractivity contribution in [2.45, 2.75) is 55.7 Å². The van der Waals surface area contributed by atoms with Crippen LogP contribution in [0.25, 0.3) is 0 Å². The second-order valence-corrected chi connectivity index (χ2v) is 11.6. The van der Waals surface area contributed by atoms with E-state index >= 15 is 0 Å². The first-order valence-electron chi connectivity index (χ1n) is 12.0. The van der Waals surface area contributed by atoms with Gasteiger partial charge >= 0.3 is 0 Å². The van der Waals surface area contributed by atoms with Gasteiger partial charge in [0, 0.05) is 19.5 Å². The Hall–Kier alpha value is -2.38. The molecule has 2 aliphatic heterocycles. The maximum Gasteiger partial charge on any atom is 0.253 e. The van der Waals surface area contributed by atoms with E-state index in [4.69, 9.17) is 23.2 Å². The highest BCUT2D eigenvalue weighted by Crippen LogP contribution is 2.65. The first-order valence-corrected chi connectivity index (χ1v) is 12.7. The number of benzene rings is 1. The number of nitrogens with zero attached hydrogens (tertiary/aromatic N) is 2. The molecule has 0 aromatic heterocycles. The molecule has 2 heterocycles. The van der Waals surface area contributed by atoms with Crippen LogP contribution >= 0.6 is 23.2 Å². The van der Waals surface area contributed by atoms with E-state index < -0.39 is 45.2 Å². The second-order valence-electron chi connectivity index (χ2n) is 10.3. The summed E-state index contributed by atoms with van der Waals surface area (Å²) in [6.07, 6.45) is 2.92. The van der Waals surface area contributed by atoms with Gasteiger partial charge in [-0.2, -0.15) is 0 Å². The van der Waals surface area contributed by atoms with Crippen molar-refractivity contribution in [1.82, 2.24) is 9.80 Å². The molecule has 2 saturated heterocycles. The van der Waals surface area contributed by atoms with Crippen molar-refractivity contribution in [2.75, 3.05) is 13.6 Å². The number of amides is 4. The summed E-state index contributed by atoms with van der Waals surface area (Å²) in [5.74, 6) is -3.97. The fraction of sp³-hybridized carbons (Fsp3) is 0.538. The molecule has 4 amide bonds. The Kier molecular flexibility index (Phi) is 5.43. The van der Waals surface area contributed by atoms with Crippen LogP contribution in [0, 0.1) is 31.6 Å². The molecular weight excluding hydrogens is 491 g/mol. The molecule has 9 heteroatoms. The number of hydrogen-bond acceptors (Lipinski definition) is 5. The van der Waals surface area contributed by atoms with Gasteiger partial charge in [0.15, 0.2) is 9.75 Å². The quantitative estimate of drug-likeness (QED) is 0.375. The summed E-state index contributed by atoms with van der Waals surface area (Å²) in [6.45, 7) is 5.76. The SMILES string of the molecule is CCCN1C(=O)C2CC=C3C(CC4(Cl)C(=O)N(C)C(=O)C4(Cl)C3c3cc(C)c(O)c(C)c3)C2C1=O. The number of hydrogen-bond donors (Lipinski definition) is 1. The number of alkyl halides is 2. The Balaban J connectivity index is 1.73. The highest BCUT2D eigenvalue weighted by molar-refractivity contribution is 6.53. The zero-order valence-electron chi connectivity index (χ0n) is 20.1. The number of likely N-dealkylation sites (tertiary alicyclic amines) is 2. The number of phenols is 1.